The van der Waals surface area contributed by atoms with Gasteiger partial charge in [0.15, 0.2) is 16.1 Å². The fourth-order valence-corrected chi connectivity index (χ4v) is 5.60. The Morgan fingerprint density at radius 1 is 1.00 bits per heavy atom. The standard InChI is InChI=1S/C27H21F3N6O3S2/c1-39-20-12-6-5-11-19(20)36-22(14-31-24(38)16-8-2-3-9-17(16)27(28,29)30)34-35-26(36)40-15-23(37)33-25-32-18-10-4-7-13-21(18)41-25/h2-13H,14-15H2,1H3,(H,31,38)(H,32,33,37). The second kappa shape index (κ2) is 12.0. The second-order valence-electron chi connectivity index (χ2n) is 8.46. The first-order chi connectivity index (χ1) is 19.7. The number of nitrogens with zero attached hydrogens (tertiary/aromatic N) is 4. The molecule has 2 aromatic heterocycles. The molecule has 41 heavy (non-hydrogen) atoms. The van der Waals surface area contributed by atoms with Gasteiger partial charge in [0.25, 0.3) is 5.91 Å². The van der Waals surface area contributed by atoms with Gasteiger partial charge in [0, 0.05) is 0 Å². The SMILES string of the molecule is COc1ccccc1-n1c(CNC(=O)c2ccccc2C(F)(F)F)nnc1SCC(=O)Nc1nc2ccccc2s1. The molecular weight excluding hydrogens is 577 g/mol. The third kappa shape index (κ3) is 6.33. The first-order valence-corrected chi connectivity index (χ1v) is 13.8. The van der Waals surface area contributed by atoms with Gasteiger partial charge in [0.2, 0.25) is 5.91 Å². The smallest absolute Gasteiger partial charge is 0.417 e. The maximum absolute atomic E-state index is 13.4. The lowest BCUT2D eigenvalue weighted by Crippen LogP contribution is -2.27. The van der Waals surface area contributed by atoms with E-state index in [1.54, 1.807) is 28.8 Å². The molecular formula is C27H21F3N6O3S2. The van der Waals surface area contributed by atoms with Gasteiger partial charge in [-0.15, -0.1) is 10.2 Å². The molecule has 5 rings (SSSR count). The Morgan fingerprint density at radius 3 is 2.51 bits per heavy atom. The van der Waals surface area contributed by atoms with Gasteiger partial charge >= 0.3 is 6.18 Å². The van der Waals surface area contributed by atoms with Crippen LogP contribution in [0.5, 0.6) is 5.75 Å². The normalized spacial score (nSPS) is 11.4. The van der Waals surface area contributed by atoms with Crippen molar-refractivity contribution >= 4 is 50.3 Å². The molecule has 0 aliphatic rings. The summed E-state index contributed by atoms with van der Waals surface area (Å²) < 4.78 is 48.3. The minimum atomic E-state index is -4.69. The topological polar surface area (TPSA) is 111 Å². The van der Waals surface area contributed by atoms with E-state index in [9.17, 15) is 22.8 Å². The van der Waals surface area contributed by atoms with Crippen molar-refractivity contribution in [3.63, 3.8) is 0 Å². The Bertz CT molecular complexity index is 1690. The molecule has 2 amide bonds. The zero-order valence-electron chi connectivity index (χ0n) is 21.3. The second-order valence-corrected chi connectivity index (χ2v) is 10.4. The Hall–Kier alpha value is -4.43. The number of ether oxygens (including phenoxy) is 1. The summed E-state index contributed by atoms with van der Waals surface area (Å²) >= 11 is 2.44. The summed E-state index contributed by atoms with van der Waals surface area (Å²) in [4.78, 5) is 29.9. The fourth-order valence-electron chi connectivity index (χ4n) is 3.96. The molecule has 0 aliphatic carbocycles. The van der Waals surface area contributed by atoms with Gasteiger partial charge in [-0.3, -0.25) is 14.2 Å². The van der Waals surface area contributed by atoms with Crippen molar-refractivity contribution in [1.29, 1.82) is 0 Å². The predicted molar refractivity (Wildman–Crippen MR) is 149 cm³/mol. The van der Waals surface area contributed by atoms with Crippen LogP contribution in [0.2, 0.25) is 0 Å². The molecule has 0 spiro atoms. The van der Waals surface area contributed by atoms with Crippen LogP contribution in [0.4, 0.5) is 18.3 Å². The van der Waals surface area contributed by atoms with Crippen LogP contribution in [0.15, 0.2) is 78.0 Å². The minimum absolute atomic E-state index is 0.0332. The van der Waals surface area contributed by atoms with E-state index >= 15 is 0 Å². The average Bonchev–Trinajstić information content (AvgIpc) is 3.57. The molecule has 3 aromatic carbocycles. The van der Waals surface area contributed by atoms with Crippen molar-refractivity contribution in [2.45, 2.75) is 17.9 Å². The van der Waals surface area contributed by atoms with Gasteiger partial charge < -0.3 is 15.4 Å². The van der Waals surface area contributed by atoms with E-state index in [4.69, 9.17) is 4.74 Å². The highest BCUT2D eigenvalue weighted by Gasteiger charge is 2.35. The van der Waals surface area contributed by atoms with E-state index in [1.165, 1.54) is 30.6 Å². The summed E-state index contributed by atoms with van der Waals surface area (Å²) in [6, 6.07) is 19.0. The highest BCUT2D eigenvalue weighted by atomic mass is 32.2. The van der Waals surface area contributed by atoms with Crippen LogP contribution >= 0.6 is 23.1 Å². The molecule has 5 aromatic rings. The number of rotatable bonds is 9. The van der Waals surface area contributed by atoms with Crippen LogP contribution in [0.25, 0.3) is 15.9 Å². The van der Waals surface area contributed by atoms with Gasteiger partial charge in [-0.2, -0.15) is 13.2 Å². The van der Waals surface area contributed by atoms with E-state index in [0.717, 1.165) is 34.1 Å². The maximum Gasteiger partial charge on any atom is 0.417 e. The Morgan fingerprint density at radius 2 is 1.73 bits per heavy atom. The molecule has 9 nitrogen and oxygen atoms in total. The molecule has 14 heteroatoms. The van der Waals surface area contributed by atoms with Crippen LogP contribution < -0.4 is 15.4 Å². The molecule has 2 N–H and O–H groups in total. The average molecular weight is 599 g/mol. The van der Waals surface area contributed by atoms with E-state index in [2.05, 4.69) is 25.8 Å². The highest BCUT2D eigenvalue weighted by Crippen LogP contribution is 2.32. The number of aromatic nitrogens is 4. The van der Waals surface area contributed by atoms with E-state index < -0.39 is 23.2 Å². The number of fused-ring (bicyclic) bond motifs is 1. The molecule has 0 unspecified atom stereocenters. The number of thioether (sulfide) groups is 1. The van der Waals surface area contributed by atoms with Crippen LogP contribution in [0.3, 0.4) is 0 Å². The van der Waals surface area contributed by atoms with Gasteiger partial charge in [0.1, 0.15) is 5.75 Å². The quantitative estimate of drug-likeness (QED) is 0.214. The first-order valence-electron chi connectivity index (χ1n) is 12.0. The highest BCUT2D eigenvalue weighted by molar-refractivity contribution is 7.99. The molecule has 0 radical (unpaired) electrons. The zero-order chi connectivity index (χ0) is 29.0. The number of anilines is 1. The van der Waals surface area contributed by atoms with Crippen molar-refractivity contribution in [1.82, 2.24) is 25.1 Å². The van der Waals surface area contributed by atoms with E-state index in [1.807, 2.05) is 24.3 Å². The molecule has 0 fully saturated rings. The minimum Gasteiger partial charge on any atom is -0.495 e. The number of benzene rings is 3. The fraction of sp³-hybridized carbons (Fsp3) is 0.148. The lowest BCUT2D eigenvalue weighted by atomic mass is 10.1. The van der Waals surface area contributed by atoms with Crippen molar-refractivity contribution in [2.75, 3.05) is 18.2 Å². The van der Waals surface area contributed by atoms with Crippen LogP contribution in [-0.2, 0) is 17.5 Å². The third-order valence-electron chi connectivity index (χ3n) is 5.78. The van der Waals surface area contributed by atoms with Crippen molar-refractivity contribution in [2.24, 2.45) is 0 Å². The molecule has 210 valence electrons. The van der Waals surface area contributed by atoms with Crippen molar-refractivity contribution < 1.29 is 27.5 Å². The number of carbonyl (C=O) groups is 2. The summed E-state index contributed by atoms with van der Waals surface area (Å²) in [7, 11) is 1.48. The number of hydrogen-bond acceptors (Lipinski definition) is 8. The Kier molecular flexibility index (Phi) is 8.21. The Balaban J connectivity index is 1.36. The first kappa shape index (κ1) is 28.1. The summed E-state index contributed by atoms with van der Waals surface area (Å²) in [6.45, 7) is -0.242. The maximum atomic E-state index is 13.4. The van der Waals surface area contributed by atoms with Gasteiger partial charge in [-0.25, -0.2) is 4.98 Å². The van der Waals surface area contributed by atoms with Gasteiger partial charge in [0.05, 0.1) is 46.4 Å². The molecule has 0 saturated carbocycles. The largest absolute Gasteiger partial charge is 0.495 e. The lowest BCUT2D eigenvalue weighted by Gasteiger charge is -2.15. The lowest BCUT2D eigenvalue weighted by molar-refractivity contribution is -0.138. The Labute approximate surface area is 239 Å². The number of halogens is 3. The molecule has 0 aliphatic heterocycles. The molecule has 0 bridgehead atoms. The zero-order valence-corrected chi connectivity index (χ0v) is 22.9. The number of hydrogen-bond donors (Lipinski definition) is 2. The summed E-state index contributed by atoms with van der Waals surface area (Å²) in [5.41, 5.74) is -0.251. The van der Waals surface area contributed by atoms with Crippen LogP contribution in [0.1, 0.15) is 21.7 Å². The van der Waals surface area contributed by atoms with Gasteiger partial charge in [-0.1, -0.05) is 59.5 Å². The summed E-state index contributed by atoms with van der Waals surface area (Å²) in [6.07, 6.45) is -4.69. The third-order valence-corrected chi connectivity index (χ3v) is 7.66. The number of carbonyl (C=O) groups excluding carboxylic acids is 2. The number of para-hydroxylation sites is 3. The number of amides is 2. The van der Waals surface area contributed by atoms with Gasteiger partial charge in [-0.05, 0) is 36.4 Å². The predicted octanol–water partition coefficient (Wildman–Crippen LogP) is 5.57. The molecule has 2 heterocycles. The molecule has 0 saturated heterocycles. The van der Waals surface area contributed by atoms with E-state index in [-0.39, 0.29) is 24.0 Å². The number of alkyl halides is 3. The number of nitrogens with one attached hydrogen (secondary N) is 2. The van der Waals surface area contributed by atoms with Crippen LogP contribution in [0, 0.1) is 0 Å². The van der Waals surface area contributed by atoms with Crippen LogP contribution in [-0.4, -0.2) is 44.4 Å². The summed E-state index contributed by atoms with van der Waals surface area (Å²) in [5, 5.41) is 14.4. The number of methoxy groups -OCH3 is 1. The van der Waals surface area contributed by atoms with Crippen molar-refractivity contribution in [3.8, 4) is 11.4 Å². The monoisotopic (exact) mass is 598 g/mol. The number of thiazole rings is 1. The summed E-state index contributed by atoms with van der Waals surface area (Å²) in [5.74, 6) is -0.585. The van der Waals surface area contributed by atoms with E-state index in [0.29, 0.717) is 21.7 Å². The van der Waals surface area contributed by atoms with Crippen molar-refractivity contribution in [3.05, 3.63) is 89.7 Å². The molecule has 0 atom stereocenters.